The molecule has 0 aliphatic carbocycles. The van der Waals surface area contributed by atoms with E-state index in [1.165, 1.54) is 21.5 Å². The number of carbonyl (C=O) groups excluding carboxylic acids is 1. The molecule has 5 heteroatoms. The monoisotopic (exact) mass is 436 g/mol. The summed E-state index contributed by atoms with van der Waals surface area (Å²) < 4.78 is 0. The lowest BCUT2D eigenvalue weighted by Crippen LogP contribution is -2.47. The van der Waals surface area contributed by atoms with Gasteiger partial charge < -0.3 is 4.90 Å². The first kappa shape index (κ1) is 21.1. The molecule has 1 amide bonds. The highest BCUT2D eigenvalue weighted by atomic mass is 16.2. The van der Waals surface area contributed by atoms with Crippen LogP contribution in [0.4, 0.5) is 4.79 Å². The zero-order valence-electron chi connectivity index (χ0n) is 18.9. The Balaban J connectivity index is 1.33. The zero-order chi connectivity index (χ0) is 22.6. The smallest absolute Gasteiger partial charge is 0.318 e. The number of rotatable bonds is 4. The van der Waals surface area contributed by atoms with E-state index >= 15 is 0 Å². The third-order valence-corrected chi connectivity index (χ3v) is 6.49. The van der Waals surface area contributed by atoms with Crippen LogP contribution in [0.3, 0.4) is 0 Å². The fourth-order valence-corrected chi connectivity index (χ4v) is 4.67. The van der Waals surface area contributed by atoms with Crippen LogP contribution < -0.4 is 0 Å². The molecule has 4 aromatic rings. The van der Waals surface area contributed by atoms with E-state index in [9.17, 15) is 4.79 Å². The minimum absolute atomic E-state index is 0.140. The first-order valence-corrected chi connectivity index (χ1v) is 11.6. The molecular weight excluding hydrogens is 408 g/mol. The van der Waals surface area contributed by atoms with Gasteiger partial charge in [-0.05, 0) is 54.9 Å². The molecule has 0 spiro atoms. The predicted molar refractivity (Wildman–Crippen MR) is 131 cm³/mol. The number of piperidine rings is 1. The van der Waals surface area contributed by atoms with Crippen molar-refractivity contribution in [1.29, 1.82) is 0 Å². The van der Waals surface area contributed by atoms with Crippen molar-refractivity contribution in [2.24, 2.45) is 0 Å². The lowest BCUT2D eigenvalue weighted by molar-refractivity contribution is 0.146. The third kappa shape index (κ3) is 4.58. The second-order valence-corrected chi connectivity index (χ2v) is 8.73. The Labute approximate surface area is 194 Å². The van der Waals surface area contributed by atoms with Crippen LogP contribution in [0.2, 0.25) is 0 Å². The molecule has 0 radical (unpaired) electrons. The quantitative estimate of drug-likeness (QED) is 0.395. The fraction of sp³-hybridized carbons (Fsp3) is 0.250. The number of carbonyl (C=O) groups is 1. The Bertz CT molecular complexity index is 1230. The molecule has 5 nitrogen and oxygen atoms in total. The maximum Gasteiger partial charge on any atom is 0.362 e. The molecule has 1 aliphatic rings. The number of hydrogen-bond acceptors (Lipinski definition) is 3. The van der Waals surface area contributed by atoms with E-state index in [-0.39, 0.29) is 12.1 Å². The van der Waals surface area contributed by atoms with Gasteiger partial charge >= 0.3 is 6.03 Å². The lowest BCUT2D eigenvalue weighted by Gasteiger charge is -2.35. The van der Waals surface area contributed by atoms with Crippen LogP contribution in [0.1, 0.15) is 30.4 Å². The summed E-state index contributed by atoms with van der Waals surface area (Å²) >= 11 is 0. The average molecular weight is 437 g/mol. The molecule has 1 fully saturated rings. The average Bonchev–Trinajstić information content (AvgIpc) is 3.36. The van der Waals surface area contributed by atoms with Gasteiger partial charge in [-0.3, -0.25) is 0 Å². The third-order valence-electron chi connectivity index (χ3n) is 6.49. The highest BCUT2D eigenvalue weighted by molar-refractivity contribution is 5.76. The molecular formula is C28H28N4O. The van der Waals surface area contributed by atoms with Gasteiger partial charge in [-0.2, -0.15) is 5.10 Å². The van der Waals surface area contributed by atoms with Gasteiger partial charge in [-0.1, -0.05) is 83.7 Å². The minimum Gasteiger partial charge on any atom is -0.318 e. The number of nitrogens with zero attached hydrogens (tertiary/aromatic N) is 4. The van der Waals surface area contributed by atoms with Crippen molar-refractivity contribution >= 4 is 6.03 Å². The fourth-order valence-electron chi connectivity index (χ4n) is 4.67. The minimum atomic E-state index is -0.140. The molecule has 1 aromatic heterocycles. The Morgan fingerprint density at radius 1 is 0.909 bits per heavy atom. The van der Waals surface area contributed by atoms with E-state index < -0.39 is 0 Å². The van der Waals surface area contributed by atoms with Gasteiger partial charge in [0.25, 0.3) is 0 Å². The van der Waals surface area contributed by atoms with Gasteiger partial charge in [0.2, 0.25) is 0 Å². The molecule has 2 heterocycles. The summed E-state index contributed by atoms with van der Waals surface area (Å²) in [4.78, 5) is 16.5. The first-order valence-electron chi connectivity index (χ1n) is 11.6. The number of likely N-dealkylation sites (tertiary alicyclic amines) is 1. The standard InChI is InChI=1S/C28H28N4O/c1-21-9-5-6-13-26(21)23-14-16-24(17-15-23)27-20-29-32(30-27)28(33)31-18-8-7-12-25(31)19-22-10-3-2-4-11-22/h2-6,9-11,13-17,20,25H,7-8,12,18-19H2,1H3. The lowest BCUT2D eigenvalue weighted by atomic mass is 9.96. The predicted octanol–water partition coefficient (Wildman–Crippen LogP) is 5.99. The Kier molecular flexibility index (Phi) is 6.03. The number of amides is 1. The van der Waals surface area contributed by atoms with Gasteiger partial charge in [0, 0.05) is 18.2 Å². The van der Waals surface area contributed by atoms with Crippen LogP contribution in [0, 0.1) is 6.92 Å². The molecule has 33 heavy (non-hydrogen) atoms. The molecule has 1 aliphatic heterocycles. The highest BCUT2D eigenvalue weighted by Crippen LogP contribution is 2.26. The van der Waals surface area contributed by atoms with E-state index in [4.69, 9.17) is 0 Å². The molecule has 0 N–H and O–H groups in total. The van der Waals surface area contributed by atoms with E-state index in [1.807, 2.05) is 23.1 Å². The largest absolute Gasteiger partial charge is 0.362 e. The Morgan fingerprint density at radius 2 is 1.64 bits per heavy atom. The summed E-state index contributed by atoms with van der Waals surface area (Å²) in [7, 11) is 0. The topological polar surface area (TPSA) is 51.0 Å². The highest BCUT2D eigenvalue weighted by Gasteiger charge is 2.29. The number of benzene rings is 3. The van der Waals surface area contributed by atoms with E-state index in [2.05, 4.69) is 77.8 Å². The van der Waals surface area contributed by atoms with Gasteiger partial charge in [0.05, 0.1) is 6.20 Å². The van der Waals surface area contributed by atoms with Crippen molar-refractivity contribution in [2.45, 2.75) is 38.6 Å². The zero-order valence-corrected chi connectivity index (χ0v) is 18.9. The van der Waals surface area contributed by atoms with E-state index in [0.29, 0.717) is 5.69 Å². The summed E-state index contributed by atoms with van der Waals surface area (Å²) in [6.45, 7) is 2.87. The molecule has 5 rings (SSSR count). The second-order valence-electron chi connectivity index (χ2n) is 8.73. The number of hydrogen-bond donors (Lipinski definition) is 0. The molecule has 3 aromatic carbocycles. The SMILES string of the molecule is Cc1ccccc1-c1ccc(-c2cnn(C(=O)N3CCCCC3Cc3ccccc3)n2)cc1. The molecule has 1 saturated heterocycles. The Morgan fingerprint density at radius 3 is 2.42 bits per heavy atom. The summed E-state index contributed by atoms with van der Waals surface area (Å²) in [5.41, 5.74) is 6.54. The van der Waals surface area contributed by atoms with E-state index in [1.54, 1.807) is 6.20 Å². The molecule has 0 saturated carbocycles. The van der Waals surface area contributed by atoms with Crippen molar-refractivity contribution in [1.82, 2.24) is 19.9 Å². The van der Waals surface area contributed by atoms with Crippen molar-refractivity contribution in [2.75, 3.05) is 6.54 Å². The van der Waals surface area contributed by atoms with Crippen molar-refractivity contribution in [3.05, 3.63) is 96.2 Å². The van der Waals surface area contributed by atoms with Crippen molar-refractivity contribution in [3.8, 4) is 22.4 Å². The van der Waals surface area contributed by atoms with Crippen molar-refractivity contribution < 1.29 is 4.79 Å². The van der Waals surface area contributed by atoms with Crippen LogP contribution >= 0.6 is 0 Å². The van der Waals surface area contributed by atoms with Gasteiger partial charge in [-0.25, -0.2) is 4.79 Å². The normalized spacial score (nSPS) is 16.0. The maximum absolute atomic E-state index is 13.3. The van der Waals surface area contributed by atoms with Crippen LogP contribution in [0.5, 0.6) is 0 Å². The number of aromatic nitrogens is 3. The van der Waals surface area contributed by atoms with Crippen LogP contribution in [-0.2, 0) is 6.42 Å². The summed E-state index contributed by atoms with van der Waals surface area (Å²) in [5.74, 6) is 0. The van der Waals surface area contributed by atoms with Gasteiger partial charge in [0.15, 0.2) is 0 Å². The summed E-state index contributed by atoms with van der Waals surface area (Å²) in [5, 5.41) is 8.85. The first-order chi connectivity index (χ1) is 16.2. The molecule has 1 atom stereocenters. The van der Waals surface area contributed by atoms with Gasteiger partial charge in [0.1, 0.15) is 5.69 Å². The van der Waals surface area contributed by atoms with Crippen LogP contribution in [0.25, 0.3) is 22.4 Å². The maximum atomic E-state index is 13.3. The summed E-state index contributed by atoms with van der Waals surface area (Å²) in [6.07, 6.45) is 5.71. The Hall–Kier alpha value is -3.73. The van der Waals surface area contributed by atoms with E-state index in [0.717, 1.165) is 43.4 Å². The van der Waals surface area contributed by atoms with Crippen LogP contribution in [0.15, 0.2) is 85.1 Å². The van der Waals surface area contributed by atoms with Crippen molar-refractivity contribution in [3.63, 3.8) is 0 Å². The van der Waals surface area contributed by atoms with Crippen LogP contribution in [-0.4, -0.2) is 38.5 Å². The molecule has 166 valence electrons. The second kappa shape index (κ2) is 9.41. The molecule has 1 unspecified atom stereocenters. The number of aryl methyl sites for hydroxylation is 1. The van der Waals surface area contributed by atoms with Gasteiger partial charge in [-0.15, -0.1) is 5.10 Å². The summed E-state index contributed by atoms with van der Waals surface area (Å²) in [6, 6.07) is 27.0. The molecule has 0 bridgehead atoms.